The van der Waals surface area contributed by atoms with E-state index in [0.717, 1.165) is 27.8 Å². The monoisotopic (exact) mass is 267 g/mol. The fraction of sp³-hybridized carbons (Fsp3) is 0.364. The standard InChI is InChI=1S/C11H14FN5O2/c1-6-7(9(13-2)16(3)15-6)4-17-5-8(12)10(18)14-11(17)19/h5,13H,4H2,1-3H3,(H,14,18,19). The average Bonchev–Trinajstić information content (AvgIpc) is 2.60. The van der Waals surface area contributed by atoms with Crippen LogP contribution < -0.4 is 16.6 Å². The summed E-state index contributed by atoms with van der Waals surface area (Å²) >= 11 is 0. The van der Waals surface area contributed by atoms with Gasteiger partial charge in [0.1, 0.15) is 5.82 Å². The van der Waals surface area contributed by atoms with Crippen LogP contribution in [0.3, 0.4) is 0 Å². The van der Waals surface area contributed by atoms with E-state index in [1.54, 1.807) is 25.7 Å². The maximum atomic E-state index is 13.2. The molecule has 0 unspecified atom stereocenters. The average molecular weight is 267 g/mol. The van der Waals surface area contributed by atoms with Crippen LogP contribution in [0.5, 0.6) is 0 Å². The number of rotatable bonds is 3. The molecule has 0 saturated carbocycles. The van der Waals surface area contributed by atoms with Gasteiger partial charge in [0.25, 0.3) is 5.56 Å². The van der Waals surface area contributed by atoms with Gasteiger partial charge >= 0.3 is 5.69 Å². The highest BCUT2D eigenvalue weighted by Gasteiger charge is 2.14. The fourth-order valence-corrected chi connectivity index (χ4v) is 1.97. The van der Waals surface area contributed by atoms with Gasteiger partial charge in [0, 0.05) is 19.7 Å². The summed E-state index contributed by atoms with van der Waals surface area (Å²) in [5.74, 6) is -0.261. The van der Waals surface area contributed by atoms with Crippen molar-refractivity contribution in [3.05, 3.63) is 44.1 Å². The van der Waals surface area contributed by atoms with E-state index in [0.29, 0.717) is 0 Å². The Bertz CT molecular complexity index is 728. The molecule has 0 amide bonds. The van der Waals surface area contributed by atoms with Crippen LogP contribution in [-0.4, -0.2) is 26.4 Å². The summed E-state index contributed by atoms with van der Waals surface area (Å²) in [5.41, 5.74) is -0.182. The van der Waals surface area contributed by atoms with Crippen molar-refractivity contribution in [2.75, 3.05) is 12.4 Å². The summed E-state index contributed by atoms with van der Waals surface area (Å²) in [6.45, 7) is 1.92. The molecule has 0 saturated heterocycles. The number of hydrogen-bond acceptors (Lipinski definition) is 4. The van der Waals surface area contributed by atoms with Crippen LogP contribution >= 0.6 is 0 Å². The zero-order valence-corrected chi connectivity index (χ0v) is 10.8. The van der Waals surface area contributed by atoms with E-state index in [1.807, 2.05) is 4.98 Å². The summed E-state index contributed by atoms with van der Waals surface area (Å²) in [6, 6.07) is 0. The Balaban J connectivity index is 2.50. The highest BCUT2D eigenvalue weighted by molar-refractivity contribution is 5.47. The molecular formula is C11H14FN5O2. The summed E-state index contributed by atoms with van der Waals surface area (Å²) < 4.78 is 15.9. The molecule has 8 heteroatoms. The van der Waals surface area contributed by atoms with E-state index < -0.39 is 17.1 Å². The maximum Gasteiger partial charge on any atom is 0.328 e. The molecule has 2 heterocycles. The van der Waals surface area contributed by atoms with Crippen LogP contribution in [0.1, 0.15) is 11.3 Å². The van der Waals surface area contributed by atoms with Crippen molar-refractivity contribution in [3.8, 4) is 0 Å². The van der Waals surface area contributed by atoms with Crippen molar-refractivity contribution in [1.82, 2.24) is 19.3 Å². The van der Waals surface area contributed by atoms with E-state index in [2.05, 4.69) is 10.4 Å². The first-order valence-corrected chi connectivity index (χ1v) is 5.63. The van der Waals surface area contributed by atoms with E-state index in [1.165, 1.54) is 0 Å². The number of aromatic nitrogens is 4. The lowest BCUT2D eigenvalue weighted by Gasteiger charge is -2.07. The number of aryl methyl sites for hydroxylation is 2. The Labute approximate surface area is 107 Å². The minimum absolute atomic E-state index is 0.127. The molecule has 0 radical (unpaired) electrons. The van der Waals surface area contributed by atoms with Crippen molar-refractivity contribution in [1.29, 1.82) is 0 Å². The molecule has 102 valence electrons. The number of halogens is 1. The minimum atomic E-state index is -1.02. The summed E-state index contributed by atoms with van der Waals surface area (Å²) in [6.07, 6.45) is 0.896. The molecular weight excluding hydrogens is 253 g/mol. The Morgan fingerprint density at radius 3 is 2.79 bits per heavy atom. The zero-order valence-electron chi connectivity index (χ0n) is 10.8. The Morgan fingerprint density at radius 2 is 2.16 bits per heavy atom. The molecule has 0 fully saturated rings. The lowest BCUT2D eigenvalue weighted by atomic mass is 10.2. The second-order valence-electron chi connectivity index (χ2n) is 4.15. The van der Waals surface area contributed by atoms with Crippen molar-refractivity contribution in [2.24, 2.45) is 7.05 Å². The number of aromatic amines is 1. The van der Waals surface area contributed by atoms with Gasteiger partial charge in [-0.25, -0.2) is 4.79 Å². The first-order chi connectivity index (χ1) is 8.93. The second-order valence-corrected chi connectivity index (χ2v) is 4.15. The first kappa shape index (κ1) is 13.1. The lowest BCUT2D eigenvalue weighted by Crippen LogP contribution is -2.31. The Kier molecular flexibility index (Phi) is 3.24. The molecule has 2 N–H and O–H groups in total. The van der Waals surface area contributed by atoms with E-state index in [4.69, 9.17) is 0 Å². The largest absolute Gasteiger partial charge is 0.373 e. The topological polar surface area (TPSA) is 84.7 Å². The van der Waals surface area contributed by atoms with Crippen LogP contribution in [0.4, 0.5) is 10.2 Å². The van der Waals surface area contributed by atoms with E-state index in [9.17, 15) is 14.0 Å². The Hall–Kier alpha value is -2.38. The van der Waals surface area contributed by atoms with E-state index >= 15 is 0 Å². The summed E-state index contributed by atoms with van der Waals surface area (Å²) in [7, 11) is 3.49. The predicted molar refractivity (Wildman–Crippen MR) is 67.9 cm³/mol. The molecule has 7 nitrogen and oxygen atoms in total. The first-order valence-electron chi connectivity index (χ1n) is 5.63. The number of H-pyrrole nitrogens is 1. The molecule has 0 aromatic carbocycles. The van der Waals surface area contributed by atoms with Crippen LogP contribution in [0.2, 0.25) is 0 Å². The van der Waals surface area contributed by atoms with Gasteiger partial charge < -0.3 is 5.32 Å². The Morgan fingerprint density at radius 1 is 1.47 bits per heavy atom. The predicted octanol–water partition coefficient (Wildman–Crippen LogP) is -0.192. The molecule has 0 atom stereocenters. The normalized spacial score (nSPS) is 10.7. The van der Waals surface area contributed by atoms with E-state index in [-0.39, 0.29) is 6.54 Å². The molecule has 2 rings (SSSR count). The third-order valence-corrected chi connectivity index (χ3v) is 2.88. The molecule has 0 bridgehead atoms. The van der Waals surface area contributed by atoms with Gasteiger partial charge in [0.15, 0.2) is 0 Å². The quantitative estimate of drug-likeness (QED) is 0.807. The number of hydrogen-bond donors (Lipinski definition) is 2. The van der Waals surface area contributed by atoms with Crippen molar-refractivity contribution in [3.63, 3.8) is 0 Å². The van der Waals surface area contributed by atoms with Gasteiger partial charge in [-0.1, -0.05) is 0 Å². The minimum Gasteiger partial charge on any atom is -0.373 e. The number of nitrogens with zero attached hydrogens (tertiary/aromatic N) is 3. The third-order valence-electron chi connectivity index (χ3n) is 2.88. The fourth-order valence-electron chi connectivity index (χ4n) is 1.97. The summed E-state index contributed by atoms with van der Waals surface area (Å²) in [4.78, 5) is 24.5. The zero-order chi connectivity index (χ0) is 14.2. The van der Waals surface area contributed by atoms with Gasteiger partial charge in [0.2, 0.25) is 5.82 Å². The molecule has 0 aliphatic carbocycles. The summed E-state index contributed by atoms with van der Waals surface area (Å²) in [5, 5.41) is 7.19. The highest BCUT2D eigenvalue weighted by Crippen LogP contribution is 2.18. The van der Waals surface area contributed by atoms with Gasteiger partial charge in [-0.2, -0.15) is 9.49 Å². The SMILES string of the molecule is CNc1c(Cn2cc(F)c(=O)[nH]c2=O)c(C)nn1C. The van der Waals surface area contributed by atoms with Gasteiger partial charge in [-0.15, -0.1) is 0 Å². The number of anilines is 1. The third kappa shape index (κ3) is 2.28. The number of nitrogens with one attached hydrogen (secondary N) is 2. The van der Waals surface area contributed by atoms with Crippen LogP contribution in [-0.2, 0) is 13.6 Å². The maximum absolute atomic E-state index is 13.2. The van der Waals surface area contributed by atoms with Crippen LogP contribution in [0.25, 0.3) is 0 Å². The van der Waals surface area contributed by atoms with Gasteiger partial charge in [-0.05, 0) is 6.92 Å². The molecule has 2 aromatic rings. The molecule has 2 aromatic heterocycles. The molecule has 0 aliphatic rings. The van der Waals surface area contributed by atoms with Crippen molar-refractivity contribution in [2.45, 2.75) is 13.5 Å². The molecule has 0 spiro atoms. The second kappa shape index (κ2) is 4.71. The van der Waals surface area contributed by atoms with Crippen LogP contribution in [0, 0.1) is 12.7 Å². The van der Waals surface area contributed by atoms with Gasteiger partial charge in [0.05, 0.1) is 18.4 Å². The van der Waals surface area contributed by atoms with Gasteiger partial charge in [-0.3, -0.25) is 19.0 Å². The highest BCUT2D eigenvalue weighted by atomic mass is 19.1. The molecule has 0 aliphatic heterocycles. The smallest absolute Gasteiger partial charge is 0.328 e. The molecule has 19 heavy (non-hydrogen) atoms. The van der Waals surface area contributed by atoms with Crippen molar-refractivity contribution >= 4 is 5.82 Å². The van der Waals surface area contributed by atoms with Crippen molar-refractivity contribution < 1.29 is 4.39 Å². The van der Waals surface area contributed by atoms with Crippen LogP contribution in [0.15, 0.2) is 15.8 Å². The lowest BCUT2D eigenvalue weighted by molar-refractivity contribution is 0.566.